The molecule has 0 atom stereocenters. The maximum Gasteiger partial charge on any atom is 0.433 e. The highest BCUT2D eigenvalue weighted by Crippen LogP contribution is 2.53. The molecule has 1 aromatic rings. The Morgan fingerprint density at radius 2 is 1.88 bits per heavy atom. The first-order chi connectivity index (χ1) is 7.99. The topological polar surface area (TPSA) is 25.8 Å². The molecule has 0 saturated heterocycles. The molecule has 0 radical (unpaired) electrons. The Bertz CT molecular complexity index is 370. The number of hydrogen-bond acceptors (Lipinski definition) is 2. The monoisotopic (exact) mass is 246 g/mol. The van der Waals surface area contributed by atoms with Gasteiger partial charge >= 0.3 is 6.18 Å². The van der Waals surface area contributed by atoms with E-state index >= 15 is 0 Å². The fourth-order valence-electron chi connectivity index (χ4n) is 1.91. The molecule has 1 aliphatic rings. The fourth-order valence-corrected chi connectivity index (χ4v) is 1.91. The zero-order valence-corrected chi connectivity index (χ0v) is 10.3. The van der Waals surface area contributed by atoms with E-state index in [9.17, 15) is 13.2 Å². The Morgan fingerprint density at radius 3 is 2.29 bits per heavy atom. The van der Waals surface area contributed by atoms with Crippen molar-refractivity contribution in [3.8, 4) is 0 Å². The summed E-state index contributed by atoms with van der Waals surface area (Å²) in [6, 6.07) is 0. The second kappa shape index (κ2) is 5.02. The molecular weight excluding hydrogens is 229 g/mol. The highest BCUT2D eigenvalue weighted by Gasteiger charge is 2.49. The van der Waals surface area contributed by atoms with Gasteiger partial charge in [0.25, 0.3) is 0 Å². The second-order valence-corrected chi connectivity index (χ2v) is 3.92. The third-order valence-electron chi connectivity index (χ3n) is 3.08. The number of aromatic nitrogens is 2. The second-order valence-electron chi connectivity index (χ2n) is 3.92. The first-order valence-electron chi connectivity index (χ1n) is 5.87. The predicted molar refractivity (Wildman–Crippen MR) is 59.6 cm³/mol. The molecule has 1 heterocycles. The molecule has 1 fully saturated rings. The predicted octanol–water partition coefficient (Wildman–Crippen LogP) is 3.96. The van der Waals surface area contributed by atoms with Crippen molar-refractivity contribution in [2.75, 3.05) is 0 Å². The van der Waals surface area contributed by atoms with Crippen LogP contribution in [-0.4, -0.2) is 9.97 Å². The molecule has 17 heavy (non-hydrogen) atoms. The quantitative estimate of drug-likeness (QED) is 0.789. The summed E-state index contributed by atoms with van der Waals surface area (Å²) in [5, 5.41) is 0. The van der Waals surface area contributed by atoms with Crippen LogP contribution in [0.5, 0.6) is 0 Å². The van der Waals surface area contributed by atoms with Crippen LogP contribution in [0.3, 0.4) is 0 Å². The Hall–Kier alpha value is -1.13. The van der Waals surface area contributed by atoms with E-state index in [0.29, 0.717) is 6.42 Å². The summed E-state index contributed by atoms with van der Waals surface area (Å²) in [5.41, 5.74) is -0.816. The van der Waals surface area contributed by atoms with Gasteiger partial charge in [0.2, 0.25) is 0 Å². The summed E-state index contributed by atoms with van der Waals surface area (Å²) in [7, 11) is 0. The molecule has 0 amide bonds. The molecule has 0 aliphatic heterocycles. The van der Waals surface area contributed by atoms with E-state index in [2.05, 4.69) is 9.97 Å². The van der Waals surface area contributed by atoms with Gasteiger partial charge < -0.3 is 0 Å². The lowest BCUT2D eigenvalue weighted by atomic mass is 9.93. The number of hydrogen-bond donors (Lipinski definition) is 0. The number of nitrogens with zero attached hydrogens (tertiary/aromatic N) is 2. The molecule has 0 spiro atoms. The van der Waals surface area contributed by atoms with E-state index in [1.165, 1.54) is 6.20 Å². The minimum absolute atomic E-state index is 0.264. The van der Waals surface area contributed by atoms with Crippen LogP contribution in [0.25, 0.3) is 0 Å². The summed E-state index contributed by atoms with van der Waals surface area (Å²) in [4.78, 5) is 7.07. The highest BCUT2D eigenvalue weighted by atomic mass is 19.4. The molecular formula is C12H17F3N2. The van der Waals surface area contributed by atoms with Gasteiger partial charge in [0.1, 0.15) is 6.33 Å². The SMILES string of the molecule is CC.CCC1(c2cncnc2C(F)(F)F)CC1. The Balaban J connectivity index is 0.000000686. The van der Waals surface area contributed by atoms with Crippen molar-refractivity contribution in [1.82, 2.24) is 9.97 Å². The van der Waals surface area contributed by atoms with E-state index in [0.717, 1.165) is 19.2 Å². The molecule has 1 aromatic heterocycles. The zero-order valence-electron chi connectivity index (χ0n) is 10.3. The maximum absolute atomic E-state index is 12.7. The minimum Gasteiger partial charge on any atom is -0.244 e. The molecule has 5 heteroatoms. The average molecular weight is 246 g/mol. The Morgan fingerprint density at radius 1 is 1.29 bits per heavy atom. The van der Waals surface area contributed by atoms with Gasteiger partial charge in [-0.05, 0) is 24.7 Å². The molecule has 1 aliphatic carbocycles. The standard InChI is InChI=1S/C10H11F3N2.C2H6/c1-2-9(3-4-9)7-5-14-6-15-8(7)10(11,12)13;1-2/h5-6H,2-4H2,1H3;1-2H3. The van der Waals surface area contributed by atoms with E-state index in [-0.39, 0.29) is 11.0 Å². The van der Waals surface area contributed by atoms with Crippen LogP contribution in [0.4, 0.5) is 13.2 Å². The van der Waals surface area contributed by atoms with Gasteiger partial charge in [-0.3, -0.25) is 0 Å². The van der Waals surface area contributed by atoms with Crippen molar-refractivity contribution in [2.45, 2.75) is 51.6 Å². The molecule has 1 saturated carbocycles. The van der Waals surface area contributed by atoms with Crippen LogP contribution in [-0.2, 0) is 11.6 Å². The molecule has 2 nitrogen and oxygen atoms in total. The molecule has 0 N–H and O–H groups in total. The number of rotatable bonds is 2. The van der Waals surface area contributed by atoms with Crippen LogP contribution < -0.4 is 0 Å². The first kappa shape index (κ1) is 13.9. The van der Waals surface area contributed by atoms with E-state index < -0.39 is 11.9 Å². The van der Waals surface area contributed by atoms with Gasteiger partial charge in [-0.25, -0.2) is 9.97 Å². The van der Waals surface area contributed by atoms with Gasteiger partial charge in [-0.1, -0.05) is 20.8 Å². The van der Waals surface area contributed by atoms with E-state index in [4.69, 9.17) is 0 Å². The largest absolute Gasteiger partial charge is 0.433 e. The highest BCUT2D eigenvalue weighted by molar-refractivity contribution is 5.33. The average Bonchev–Trinajstić information content (AvgIpc) is 3.11. The molecule has 0 aromatic carbocycles. The molecule has 96 valence electrons. The van der Waals surface area contributed by atoms with Crippen molar-refractivity contribution >= 4 is 0 Å². The minimum atomic E-state index is -4.37. The van der Waals surface area contributed by atoms with Gasteiger partial charge in [0, 0.05) is 11.8 Å². The third kappa shape index (κ3) is 2.76. The van der Waals surface area contributed by atoms with Crippen molar-refractivity contribution in [3.05, 3.63) is 23.8 Å². The molecule has 0 unspecified atom stereocenters. The van der Waals surface area contributed by atoms with Gasteiger partial charge in [0.15, 0.2) is 5.69 Å². The first-order valence-corrected chi connectivity index (χ1v) is 5.87. The summed E-state index contributed by atoms with van der Waals surface area (Å²) >= 11 is 0. The lowest BCUT2D eigenvalue weighted by Crippen LogP contribution is -2.18. The van der Waals surface area contributed by atoms with Crippen molar-refractivity contribution in [2.24, 2.45) is 0 Å². The summed E-state index contributed by atoms with van der Waals surface area (Å²) in [6.45, 7) is 5.90. The molecule has 0 bridgehead atoms. The van der Waals surface area contributed by atoms with Crippen LogP contribution in [0.2, 0.25) is 0 Å². The van der Waals surface area contributed by atoms with Crippen molar-refractivity contribution < 1.29 is 13.2 Å². The summed E-state index contributed by atoms with van der Waals surface area (Å²) < 4.78 is 38.0. The van der Waals surface area contributed by atoms with Crippen LogP contribution in [0, 0.1) is 0 Å². The number of alkyl halides is 3. The van der Waals surface area contributed by atoms with Gasteiger partial charge in [-0.2, -0.15) is 13.2 Å². The third-order valence-corrected chi connectivity index (χ3v) is 3.08. The Kier molecular flexibility index (Phi) is 4.11. The van der Waals surface area contributed by atoms with Crippen LogP contribution in [0.15, 0.2) is 12.5 Å². The normalized spacial score (nSPS) is 17.1. The van der Waals surface area contributed by atoms with Crippen LogP contribution >= 0.6 is 0 Å². The Labute approximate surface area is 99.3 Å². The van der Waals surface area contributed by atoms with Gasteiger partial charge in [-0.15, -0.1) is 0 Å². The van der Waals surface area contributed by atoms with Gasteiger partial charge in [0.05, 0.1) is 0 Å². The number of halogens is 3. The lowest BCUT2D eigenvalue weighted by molar-refractivity contribution is -0.142. The molecule has 2 rings (SSSR count). The van der Waals surface area contributed by atoms with Crippen molar-refractivity contribution in [1.29, 1.82) is 0 Å². The van der Waals surface area contributed by atoms with E-state index in [1.54, 1.807) is 0 Å². The maximum atomic E-state index is 12.7. The lowest BCUT2D eigenvalue weighted by Gasteiger charge is -2.17. The summed E-state index contributed by atoms with van der Waals surface area (Å²) in [6.07, 6.45) is 0.219. The fraction of sp³-hybridized carbons (Fsp3) is 0.667. The summed E-state index contributed by atoms with van der Waals surface area (Å²) in [5.74, 6) is 0. The smallest absolute Gasteiger partial charge is 0.244 e. The van der Waals surface area contributed by atoms with E-state index in [1.807, 2.05) is 20.8 Å². The zero-order chi connectivity index (χ0) is 13.1. The van der Waals surface area contributed by atoms with Crippen LogP contribution in [0.1, 0.15) is 51.3 Å². The van der Waals surface area contributed by atoms with Crippen molar-refractivity contribution in [3.63, 3.8) is 0 Å².